The highest BCUT2D eigenvalue weighted by molar-refractivity contribution is 8.00. The molecular formula is C16H17N5OS2. The van der Waals surface area contributed by atoms with Crippen LogP contribution >= 0.6 is 23.1 Å². The number of thioether (sulfide) groups is 1. The Labute approximate surface area is 148 Å². The molecule has 1 N–H and O–H groups in total. The summed E-state index contributed by atoms with van der Waals surface area (Å²) >= 11 is 2.97. The molecule has 8 heteroatoms. The Hall–Kier alpha value is -2.19. The number of carbonyl (C=O) groups is 1. The Balaban J connectivity index is 1.67. The van der Waals surface area contributed by atoms with Gasteiger partial charge in [-0.2, -0.15) is 4.68 Å². The van der Waals surface area contributed by atoms with Gasteiger partial charge in [-0.15, -0.1) is 16.4 Å². The Bertz CT molecular complexity index is 816. The number of benzene rings is 1. The third kappa shape index (κ3) is 3.82. The van der Waals surface area contributed by atoms with Crippen LogP contribution in [0.3, 0.4) is 0 Å². The van der Waals surface area contributed by atoms with Crippen molar-refractivity contribution in [3.05, 3.63) is 52.2 Å². The van der Waals surface area contributed by atoms with E-state index in [0.29, 0.717) is 11.7 Å². The first-order chi connectivity index (χ1) is 11.6. The Morgan fingerprint density at radius 1 is 1.33 bits per heavy atom. The smallest absolute Gasteiger partial charge is 0.233 e. The van der Waals surface area contributed by atoms with Crippen LogP contribution in [0, 0.1) is 6.92 Å². The van der Waals surface area contributed by atoms with Crippen molar-refractivity contribution in [1.82, 2.24) is 25.5 Å². The molecule has 0 aliphatic heterocycles. The van der Waals surface area contributed by atoms with Crippen LogP contribution in [0.15, 0.2) is 46.9 Å². The van der Waals surface area contributed by atoms with Crippen molar-refractivity contribution >= 4 is 29.0 Å². The largest absolute Gasteiger partial charge is 0.350 e. The van der Waals surface area contributed by atoms with Gasteiger partial charge in [0.2, 0.25) is 11.1 Å². The number of hydrogen-bond acceptors (Lipinski definition) is 6. The first kappa shape index (κ1) is 16.7. The highest BCUT2D eigenvalue weighted by Gasteiger charge is 2.19. The van der Waals surface area contributed by atoms with Crippen molar-refractivity contribution in [2.24, 2.45) is 0 Å². The van der Waals surface area contributed by atoms with Gasteiger partial charge in [0, 0.05) is 4.88 Å². The van der Waals surface area contributed by atoms with E-state index in [1.165, 1.54) is 11.8 Å². The molecular weight excluding hydrogens is 342 g/mol. The summed E-state index contributed by atoms with van der Waals surface area (Å²) in [5.41, 5.74) is 1.98. The van der Waals surface area contributed by atoms with Crippen molar-refractivity contribution in [3.63, 3.8) is 0 Å². The number of amides is 1. The molecule has 0 radical (unpaired) electrons. The highest BCUT2D eigenvalue weighted by Crippen LogP contribution is 2.24. The van der Waals surface area contributed by atoms with E-state index in [4.69, 9.17) is 0 Å². The zero-order chi connectivity index (χ0) is 16.9. The SMILES string of the molecule is Cc1ccccc1-n1nnnc1S[C@@H](C)C(=O)NCc1cccs1. The van der Waals surface area contributed by atoms with Gasteiger partial charge in [-0.05, 0) is 47.4 Å². The molecule has 6 nitrogen and oxygen atoms in total. The third-order valence-electron chi connectivity index (χ3n) is 3.45. The molecule has 0 fully saturated rings. The molecule has 3 aromatic rings. The fraction of sp³-hybridized carbons (Fsp3) is 0.250. The lowest BCUT2D eigenvalue weighted by molar-refractivity contribution is -0.120. The number of nitrogens with one attached hydrogen (secondary N) is 1. The monoisotopic (exact) mass is 359 g/mol. The molecule has 0 aliphatic carbocycles. The summed E-state index contributed by atoms with van der Waals surface area (Å²) in [5, 5.41) is 17.1. The summed E-state index contributed by atoms with van der Waals surface area (Å²) < 4.78 is 1.67. The first-order valence-corrected chi connectivity index (χ1v) is 9.22. The Morgan fingerprint density at radius 3 is 2.92 bits per heavy atom. The second kappa shape index (κ2) is 7.59. The summed E-state index contributed by atoms with van der Waals surface area (Å²) in [6.45, 7) is 4.40. The van der Waals surface area contributed by atoms with Crippen molar-refractivity contribution in [1.29, 1.82) is 0 Å². The molecule has 0 bridgehead atoms. The van der Waals surface area contributed by atoms with Gasteiger partial charge in [0.1, 0.15) is 0 Å². The molecule has 1 amide bonds. The summed E-state index contributed by atoms with van der Waals surface area (Å²) in [5.74, 6) is -0.0345. The minimum absolute atomic E-state index is 0.0345. The van der Waals surface area contributed by atoms with Gasteiger partial charge >= 0.3 is 0 Å². The number of nitrogens with zero attached hydrogens (tertiary/aromatic N) is 4. The maximum atomic E-state index is 12.3. The van der Waals surface area contributed by atoms with Gasteiger partial charge in [-0.25, -0.2) is 0 Å². The number of tetrazole rings is 1. The molecule has 24 heavy (non-hydrogen) atoms. The number of hydrogen-bond donors (Lipinski definition) is 1. The van der Waals surface area contributed by atoms with Crippen LogP contribution in [0.2, 0.25) is 0 Å². The van der Waals surface area contributed by atoms with Crippen LogP contribution in [0.1, 0.15) is 17.4 Å². The van der Waals surface area contributed by atoms with E-state index >= 15 is 0 Å². The number of carbonyl (C=O) groups excluding carboxylic acids is 1. The summed E-state index contributed by atoms with van der Waals surface area (Å²) in [4.78, 5) is 13.4. The molecule has 124 valence electrons. The zero-order valence-corrected chi connectivity index (χ0v) is 15.0. The average Bonchev–Trinajstić information content (AvgIpc) is 3.25. The topological polar surface area (TPSA) is 72.7 Å². The van der Waals surface area contributed by atoms with E-state index in [9.17, 15) is 4.79 Å². The molecule has 0 saturated carbocycles. The van der Waals surface area contributed by atoms with Crippen LogP contribution in [-0.4, -0.2) is 31.4 Å². The van der Waals surface area contributed by atoms with E-state index < -0.39 is 0 Å². The van der Waals surface area contributed by atoms with Gasteiger partial charge in [0.25, 0.3) is 0 Å². The van der Waals surface area contributed by atoms with Crippen molar-refractivity contribution < 1.29 is 4.79 Å². The Morgan fingerprint density at radius 2 is 2.17 bits per heavy atom. The molecule has 1 aromatic carbocycles. The van der Waals surface area contributed by atoms with E-state index in [1.54, 1.807) is 16.0 Å². The standard InChI is InChI=1S/C16H17N5OS2/c1-11-6-3-4-8-14(11)21-16(18-19-20-21)24-12(2)15(22)17-10-13-7-5-9-23-13/h3-9,12H,10H2,1-2H3,(H,17,22)/t12-/m0/s1. The zero-order valence-electron chi connectivity index (χ0n) is 13.3. The molecule has 0 saturated heterocycles. The second-order valence-electron chi connectivity index (χ2n) is 5.22. The lowest BCUT2D eigenvalue weighted by Gasteiger charge is -2.12. The average molecular weight is 359 g/mol. The minimum Gasteiger partial charge on any atom is -0.350 e. The molecule has 2 aromatic heterocycles. The quantitative estimate of drug-likeness (QED) is 0.685. The maximum Gasteiger partial charge on any atom is 0.233 e. The van der Waals surface area contributed by atoms with E-state index in [1.807, 2.05) is 55.6 Å². The van der Waals surface area contributed by atoms with Crippen LogP contribution in [0.5, 0.6) is 0 Å². The lowest BCUT2D eigenvalue weighted by Crippen LogP contribution is -2.30. The van der Waals surface area contributed by atoms with E-state index in [-0.39, 0.29) is 11.2 Å². The first-order valence-electron chi connectivity index (χ1n) is 7.46. The van der Waals surface area contributed by atoms with Crippen molar-refractivity contribution in [2.75, 3.05) is 0 Å². The summed E-state index contributed by atoms with van der Waals surface area (Å²) in [6.07, 6.45) is 0. The number of rotatable bonds is 6. The predicted octanol–water partition coefficient (Wildman–Crippen LogP) is 2.83. The van der Waals surface area contributed by atoms with Crippen LogP contribution in [0.25, 0.3) is 5.69 Å². The Kier molecular flexibility index (Phi) is 5.27. The van der Waals surface area contributed by atoms with Crippen molar-refractivity contribution in [3.8, 4) is 5.69 Å². The fourth-order valence-corrected chi connectivity index (χ4v) is 3.62. The van der Waals surface area contributed by atoms with Crippen LogP contribution in [-0.2, 0) is 11.3 Å². The van der Waals surface area contributed by atoms with Gasteiger partial charge < -0.3 is 5.32 Å². The van der Waals surface area contributed by atoms with Gasteiger partial charge in [0.05, 0.1) is 17.5 Å². The number of aryl methyl sites for hydroxylation is 1. The molecule has 3 rings (SSSR count). The van der Waals surface area contributed by atoms with Crippen LogP contribution < -0.4 is 5.32 Å². The molecule has 2 heterocycles. The third-order valence-corrected chi connectivity index (χ3v) is 5.36. The van der Waals surface area contributed by atoms with E-state index in [2.05, 4.69) is 20.8 Å². The molecule has 0 unspecified atom stereocenters. The number of para-hydroxylation sites is 1. The highest BCUT2D eigenvalue weighted by atomic mass is 32.2. The van der Waals surface area contributed by atoms with Gasteiger partial charge in [-0.3, -0.25) is 4.79 Å². The second-order valence-corrected chi connectivity index (χ2v) is 7.56. The van der Waals surface area contributed by atoms with Gasteiger partial charge in [-0.1, -0.05) is 36.0 Å². The molecule has 0 aliphatic rings. The molecule has 1 atom stereocenters. The summed E-state index contributed by atoms with van der Waals surface area (Å²) in [7, 11) is 0. The van der Waals surface area contributed by atoms with Gasteiger partial charge in [0.15, 0.2) is 0 Å². The van der Waals surface area contributed by atoms with E-state index in [0.717, 1.165) is 16.1 Å². The predicted molar refractivity (Wildman–Crippen MR) is 95.4 cm³/mol. The van der Waals surface area contributed by atoms with Crippen LogP contribution in [0.4, 0.5) is 0 Å². The minimum atomic E-state index is -0.293. The number of thiophene rings is 1. The normalized spacial score (nSPS) is 12.1. The fourth-order valence-electron chi connectivity index (χ4n) is 2.15. The maximum absolute atomic E-state index is 12.3. The summed E-state index contributed by atoms with van der Waals surface area (Å²) in [6, 6.07) is 11.8. The molecule has 0 spiro atoms. The lowest BCUT2D eigenvalue weighted by atomic mass is 10.2. The number of aromatic nitrogens is 4. The van der Waals surface area contributed by atoms with Crippen molar-refractivity contribution in [2.45, 2.75) is 30.8 Å².